The molecule has 0 aliphatic rings. The van der Waals surface area contributed by atoms with E-state index < -0.39 is 22.0 Å². The molecule has 0 fully saturated rings. The van der Waals surface area contributed by atoms with Gasteiger partial charge in [-0.1, -0.05) is 44.2 Å². The quantitative estimate of drug-likeness (QED) is 0.918. The molecule has 1 N–H and O–H groups in total. The maximum atomic E-state index is 12.7. The molecule has 0 aliphatic carbocycles. The van der Waals surface area contributed by atoms with Gasteiger partial charge < -0.3 is 5.11 Å². The fourth-order valence-electron chi connectivity index (χ4n) is 2.50. The molecule has 22 heavy (non-hydrogen) atoms. The number of benzene rings is 2. The standard InChI is InChI=1S/C16H19NO4S/c1-11(2)15(16(18)19)17(3)22(20,21)14-9-8-12-6-4-5-7-13(12)10-14/h4-11,15H,1-3H3,(H,18,19)/t15-/m1/s1. The van der Waals surface area contributed by atoms with Crippen molar-refractivity contribution in [3.63, 3.8) is 0 Å². The van der Waals surface area contributed by atoms with Gasteiger partial charge in [-0.3, -0.25) is 4.79 Å². The van der Waals surface area contributed by atoms with Gasteiger partial charge in [-0.05, 0) is 28.8 Å². The zero-order chi connectivity index (χ0) is 16.5. The van der Waals surface area contributed by atoms with Gasteiger partial charge in [0, 0.05) is 7.05 Å². The van der Waals surface area contributed by atoms with Crippen molar-refractivity contribution in [2.24, 2.45) is 5.92 Å². The van der Waals surface area contributed by atoms with E-state index in [1.807, 2.05) is 24.3 Å². The van der Waals surface area contributed by atoms with E-state index in [1.165, 1.54) is 13.1 Å². The molecule has 0 aliphatic heterocycles. The van der Waals surface area contributed by atoms with Gasteiger partial charge in [0.05, 0.1) is 4.90 Å². The predicted molar refractivity (Wildman–Crippen MR) is 85.2 cm³/mol. The number of hydrogen-bond acceptors (Lipinski definition) is 3. The number of nitrogens with zero attached hydrogens (tertiary/aromatic N) is 1. The Labute approximate surface area is 130 Å². The highest BCUT2D eigenvalue weighted by Gasteiger charge is 2.34. The monoisotopic (exact) mass is 321 g/mol. The van der Waals surface area contributed by atoms with Gasteiger partial charge in [0.15, 0.2) is 0 Å². The molecule has 0 unspecified atom stereocenters. The predicted octanol–water partition coefficient (Wildman–Crippen LogP) is 2.57. The lowest BCUT2D eigenvalue weighted by Crippen LogP contribution is -2.45. The number of carbonyl (C=O) groups is 1. The van der Waals surface area contributed by atoms with Gasteiger partial charge in [-0.25, -0.2) is 8.42 Å². The number of carboxylic acids is 1. The van der Waals surface area contributed by atoms with E-state index in [9.17, 15) is 18.3 Å². The first-order valence-electron chi connectivity index (χ1n) is 6.95. The molecule has 0 saturated heterocycles. The molecule has 2 aromatic carbocycles. The SMILES string of the molecule is CC(C)[C@H](C(=O)O)N(C)S(=O)(=O)c1ccc2ccccc2c1. The molecule has 0 aromatic heterocycles. The summed E-state index contributed by atoms with van der Waals surface area (Å²) < 4.78 is 26.3. The third-order valence-electron chi connectivity index (χ3n) is 3.67. The Bertz CT molecular complexity index is 799. The van der Waals surface area contributed by atoms with Crippen LogP contribution < -0.4 is 0 Å². The Morgan fingerprint density at radius 1 is 1.09 bits per heavy atom. The first-order chi connectivity index (χ1) is 10.2. The number of sulfonamides is 1. The van der Waals surface area contributed by atoms with Gasteiger partial charge in [-0.2, -0.15) is 4.31 Å². The average molecular weight is 321 g/mol. The lowest BCUT2D eigenvalue weighted by atomic mass is 10.1. The van der Waals surface area contributed by atoms with Crippen LogP contribution in [0.15, 0.2) is 47.4 Å². The van der Waals surface area contributed by atoms with E-state index >= 15 is 0 Å². The van der Waals surface area contributed by atoms with Crippen molar-refractivity contribution in [3.8, 4) is 0 Å². The normalized spacial score (nSPS) is 13.7. The molecule has 0 amide bonds. The third kappa shape index (κ3) is 2.98. The maximum Gasteiger partial charge on any atom is 0.322 e. The molecule has 2 rings (SSSR count). The van der Waals surface area contributed by atoms with Crippen LogP contribution in [0.5, 0.6) is 0 Å². The molecular weight excluding hydrogens is 302 g/mol. The Morgan fingerprint density at radius 2 is 1.68 bits per heavy atom. The number of rotatable bonds is 5. The molecule has 1 atom stereocenters. The second kappa shape index (κ2) is 6.06. The van der Waals surface area contributed by atoms with E-state index in [-0.39, 0.29) is 10.8 Å². The number of hydrogen-bond donors (Lipinski definition) is 1. The topological polar surface area (TPSA) is 74.7 Å². The Morgan fingerprint density at radius 3 is 2.23 bits per heavy atom. The van der Waals surface area contributed by atoms with Crippen LogP contribution in [0, 0.1) is 5.92 Å². The average Bonchev–Trinajstić information content (AvgIpc) is 2.45. The highest BCUT2D eigenvalue weighted by atomic mass is 32.2. The van der Waals surface area contributed by atoms with Crippen molar-refractivity contribution < 1.29 is 18.3 Å². The summed E-state index contributed by atoms with van der Waals surface area (Å²) >= 11 is 0. The van der Waals surface area contributed by atoms with Crippen LogP contribution in [0.2, 0.25) is 0 Å². The Hall–Kier alpha value is -1.92. The number of likely N-dealkylation sites (N-methyl/N-ethyl adjacent to an activating group) is 1. The zero-order valence-electron chi connectivity index (χ0n) is 12.7. The molecule has 0 radical (unpaired) electrons. The summed E-state index contributed by atoms with van der Waals surface area (Å²) in [7, 11) is -2.56. The summed E-state index contributed by atoms with van der Waals surface area (Å²) in [6.45, 7) is 3.37. The summed E-state index contributed by atoms with van der Waals surface area (Å²) in [5, 5.41) is 11.0. The lowest BCUT2D eigenvalue weighted by molar-refractivity contribution is -0.142. The molecule has 5 nitrogen and oxygen atoms in total. The Kier molecular flexibility index (Phi) is 4.53. The largest absolute Gasteiger partial charge is 0.480 e. The summed E-state index contributed by atoms with van der Waals surface area (Å²) in [6, 6.07) is 11.1. The Balaban J connectivity index is 2.49. The molecule has 2 aromatic rings. The maximum absolute atomic E-state index is 12.7. The van der Waals surface area contributed by atoms with Gasteiger partial charge in [0.25, 0.3) is 0 Å². The van der Waals surface area contributed by atoms with Gasteiger partial charge >= 0.3 is 5.97 Å². The minimum absolute atomic E-state index is 0.0978. The number of aliphatic carboxylic acids is 1. The van der Waals surface area contributed by atoms with Crippen LogP contribution in [-0.2, 0) is 14.8 Å². The van der Waals surface area contributed by atoms with Crippen LogP contribution in [-0.4, -0.2) is 36.9 Å². The fourth-order valence-corrected chi connectivity index (χ4v) is 3.99. The van der Waals surface area contributed by atoms with Crippen molar-refractivity contribution in [1.29, 1.82) is 0 Å². The third-order valence-corrected chi connectivity index (χ3v) is 5.51. The zero-order valence-corrected chi connectivity index (χ0v) is 13.5. The van der Waals surface area contributed by atoms with E-state index in [0.29, 0.717) is 0 Å². The van der Waals surface area contributed by atoms with Crippen molar-refractivity contribution in [2.45, 2.75) is 24.8 Å². The molecule has 0 heterocycles. The van der Waals surface area contributed by atoms with Gasteiger partial charge in [-0.15, -0.1) is 0 Å². The van der Waals surface area contributed by atoms with E-state index in [0.717, 1.165) is 15.1 Å². The van der Waals surface area contributed by atoms with Crippen LogP contribution in [0.3, 0.4) is 0 Å². The molecule has 0 saturated carbocycles. The minimum atomic E-state index is -3.87. The number of carboxylic acid groups (broad SMARTS) is 1. The summed E-state index contributed by atoms with van der Waals surface area (Å²) in [4.78, 5) is 11.5. The second-order valence-electron chi connectivity index (χ2n) is 5.56. The molecule has 118 valence electrons. The van der Waals surface area contributed by atoms with Crippen LogP contribution >= 0.6 is 0 Å². The highest BCUT2D eigenvalue weighted by Crippen LogP contribution is 2.24. The summed E-state index contributed by atoms with van der Waals surface area (Å²) in [5.41, 5.74) is 0. The van der Waals surface area contributed by atoms with Gasteiger partial charge in [0.1, 0.15) is 6.04 Å². The summed E-state index contributed by atoms with van der Waals surface area (Å²) in [5.74, 6) is -1.49. The molecule has 0 spiro atoms. The van der Waals surface area contributed by atoms with Crippen LogP contribution in [0.25, 0.3) is 10.8 Å². The second-order valence-corrected chi connectivity index (χ2v) is 7.55. The smallest absolute Gasteiger partial charge is 0.322 e. The highest BCUT2D eigenvalue weighted by molar-refractivity contribution is 7.89. The van der Waals surface area contributed by atoms with E-state index in [2.05, 4.69) is 0 Å². The first kappa shape index (κ1) is 16.5. The molecule has 0 bridgehead atoms. The van der Waals surface area contributed by atoms with Crippen LogP contribution in [0.1, 0.15) is 13.8 Å². The van der Waals surface area contributed by atoms with Crippen LogP contribution in [0.4, 0.5) is 0 Å². The van der Waals surface area contributed by atoms with Crippen molar-refractivity contribution in [2.75, 3.05) is 7.05 Å². The minimum Gasteiger partial charge on any atom is -0.480 e. The van der Waals surface area contributed by atoms with Crippen molar-refractivity contribution in [3.05, 3.63) is 42.5 Å². The fraction of sp³-hybridized carbons (Fsp3) is 0.312. The van der Waals surface area contributed by atoms with Crippen molar-refractivity contribution in [1.82, 2.24) is 4.31 Å². The number of fused-ring (bicyclic) bond motifs is 1. The van der Waals surface area contributed by atoms with E-state index in [4.69, 9.17) is 0 Å². The summed E-state index contributed by atoms with van der Waals surface area (Å²) in [6.07, 6.45) is 0. The molecule has 6 heteroatoms. The first-order valence-corrected chi connectivity index (χ1v) is 8.39. The van der Waals surface area contributed by atoms with Crippen molar-refractivity contribution >= 4 is 26.8 Å². The van der Waals surface area contributed by atoms with E-state index in [1.54, 1.807) is 26.0 Å². The van der Waals surface area contributed by atoms with Gasteiger partial charge in [0.2, 0.25) is 10.0 Å². The molecular formula is C16H19NO4S. The lowest BCUT2D eigenvalue weighted by Gasteiger charge is -2.27.